The minimum atomic E-state index is -0.335. The fourth-order valence-electron chi connectivity index (χ4n) is 1.70. The molecule has 0 bridgehead atoms. The molecule has 0 amide bonds. The van der Waals surface area contributed by atoms with Crippen molar-refractivity contribution in [3.05, 3.63) is 41.6 Å². The Morgan fingerprint density at radius 3 is 2.68 bits per heavy atom. The molecule has 0 atom stereocenters. The van der Waals surface area contributed by atoms with E-state index < -0.39 is 0 Å². The molecule has 102 valence electrons. The Bertz CT molecular complexity index is 569. The number of aromatic nitrogens is 3. The SMILES string of the molecule is Cc1ccn(-c2ncc(F)cc2CNC(C)(C)C)n1. The lowest BCUT2D eigenvalue weighted by Gasteiger charge is -2.21. The molecule has 0 aliphatic carbocycles. The van der Waals surface area contributed by atoms with Crippen molar-refractivity contribution in [3.8, 4) is 5.82 Å². The van der Waals surface area contributed by atoms with Gasteiger partial charge in [-0.2, -0.15) is 5.10 Å². The summed E-state index contributed by atoms with van der Waals surface area (Å²) in [5.74, 6) is 0.324. The second-order valence-corrected chi connectivity index (χ2v) is 5.64. The molecular formula is C14H19FN4. The van der Waals surface area contributed by atoms with Gasteiger partial charge in [-0.3, -0.25) is 0 Å². The zero-order valence-electron chi connectivity index (χ0n) is 11.7. The summed E-state index contributed by atoms with van der Waals surface area (Å²) in [6.07, 6.45) is 3.04. The van der Waals surface area contributed by atoms with Gasteiger partial charge >= 0.3 is 0 Å². The summed E-state index contributed by atoms with van der Waals surface area (Å²) < 4.78 is 15.0. The summed E-state index contributed by atoms with van der Waals surface area (Å²) in [5, 5.41) is 7.65. The largest absolute Gasteiger partial charge is 0.308 e. The molecule has 0 aliphatic rings. The van der Waals surface area contributed by atoms with E-state index in [4.69, 9.17) is 0 Å². The van der Waals surface area contributed by atoms with Crippen LogP contribution in [0.1, 0.15) is 32.0 Å². The third kappa shape index (κ3) is 3.61. The van der Waals surface area contributed by atoms with Crippen LogP contribution in [0.15, 0.2) is 24.5 Å². The highest BCUT2D eigenvalue weighted by Gasteiger charge is 2.13. The van der Waals surface area contributed by atoms with E-state index in [1.807, 2.05) is 19.2 Å². The molecular weight excluding hydrogens is 243 g/mol. The number of hydrogen-bond donors (Lipinski definition) is 1. The Hall–Kier alpha value is -1.75. The predicted octanol–water partition coefficient (Wildman–Crippen LogP) is 2.60. The third-order valence-electron chi connectivity index (χ3n) is 2.66. The van der Waals surface area contributed by atoms with Crippen LogP contribution < -0.4 is 5.32 Å². The number of hydrogen-bond acceptors (Lipinski definition) is 3. The van der Waals surface area contributed by atoms with Crippen LogP contribution in [-0.4, -0.2) is 20.3 Å². The smallest absolute Gasteiger partial charge is 0.157 e. The van der Waals surface area contributed by atoms with Gasteiger partial charge in [-0.25, -0.2) is 14.1 Å². The van der Waals surface area contributed by atoms with Crippen LogP contribution in [0.25, 0.3) is 5.82 Å². The second-order valence-electron chi connectivity index (χ2n) is 5.64. The number of pyridine rings is 1. The van der Waals surface area contributed by atoms with Crippen LogP contribution >= 0.6 is 0 Å². The number of aryl methyl sites for hydroxylation is 1. The summed E-state index contributed by atoms with van der Waals surface area (Å²) in [6, 6.07) is 3.39. The van der Waals surface area contributed by atoms with E-state index in [-0.39, 0.29) is 11.4 Å². The quantitative estimate of drug-likeness (QED) is 0.924. The van der Waals surface area contributed by atoms with Crippen molar-refractivity contribution in [2.45, 2.75) is 39.8 Å². The first-order valence-electron chi connectivity index (χ1n) is 6.27. The molecule has 2 rings (SSSR count). The van der Waals surface area contributed by atoms with E-state index in [1.54, 1.807) is 4.68 Å². The van der Waals surface area contributed by atoms with Crippen LogP contribution in [0.5, 0.6) is 0 Å². The zero-order chi connectivity index (χ0) is 14.0. The monoisotopic (exact) mass is 262 g/mol. The summed E-state index contributed by atoms with van der Waals surface area (Å²) in [4.78, 5) is 4.15. The Labute approximate surface area is 112 Å². The summed E-state index contributed by atoms with van der Waals surface area (Å²) in [7, 11) is 0. The topological polar surface area (TPSA) is 42.7 Å². The number of nitrogens with zero attached hydrogens (tertiary/aromatic N) is 3. The van der Waals surface area contributed by atoms with Crippen LogP contribution in [0.2, 0.25) is 0 Å². The molecule has 19 heavy (non-hydrogen) atoms. The maximum atomic E-state index is 13.4. The molecule has 4 nitrogen and oxygen atoms in total. The lowest BCUT2D eigenvalue weighted by Crippen LogP contribution is -2.35. The van der Waals surface area contributed by atoms with Gasteiger partial charge in [0.1, 0.15) is 5.82 Å². The Balaban J connectivity index is 2.33. The van der Waals surface area contributed by atoms with E-state index in [1.165, 1.54) is 12.3 Å². The van der Waals surface area contributed by atoms with Gasteiger partial charge < -0.3 is 5.32 Å². The maximum absolute atomic E-state index is 13.4. The van der Waals surface area contributed by atoms with E-state index in [9.17, 15) is 4.39 Å². The normalized spacial score (nSPS) is 11.8. The molecule has 0 aliphatic heterocycles. The summed E-state index contributed by atoms with van der Waals surface area (Å²) in [5.41, 5.74) is 1.66. The van der Waals surface area contributed by atoms with Gasteiger partial charge in [-0.1, -0.05) is 0 Å². The third-order valence-corrected chi connectivity index (χ3v) is 2.66. The number of nitrogens with one attached hydrogen (secondary N) is 1. The van der Waals surface area contributed by atoms with Gasteiger partial charge in [-0.05, 0) is 39.8 Å². The minimum absolute atomic E-state index is 0.0381. The van der Waals surface area contributed by atoms with Gasteiger partial charge in [0, 0.05) is 23.8 Å². The van der Waals surface area contributed by atoms with Crippen molar-refractivity contribution >= 4 is 0 Å². The van der Waals surface area contributed by atoms with Crippen molar-refractivity contribution in [2.75, 3.05) is 0 Å². The zero-order valence-corrected chi connectivity index (χ0v) is 11.7. The lowest BCUT2D eigenvalue weighted by atomic mass is 10.1. The van der Waals surface area contributed by atoms with E-state index in [0.717, 1.165) is 11.3 Å². The molecule has 2 aromatic heterocycles. The van der Waals surface area contributed by atoms with Gasteiger partial charge in [0.15, 0.2) is 5.82 Å². The molecule has 0 saturated heterocycles. The first kappa shape index (κ1) is 13.7. The first-order valence-corrected chi connectivity index (χ1v) is 6.27. The fraction of sp³-hybridized carbons (Fsp3) is 0.429. The highest BCUT2D eigenvalue weighted by Crippen LogP contribution is 2.14. The van der Waals surface area contributed by atoms with Crippen molar-refractivity contribution in [3.63, 3.8) is 0 Å². The van der Waals surface area contributed by atoms with Gasteiger partial charge in [-0.15, -0.1) is 0 Å². The molecule has 0 radical (unpaired) electrons. The molecule has 0 fully saturated rings. The summed E-state index contributed by atoms with van der Waals surface area (Å²) >= 11 is 0. The Morgan fingerprint density at radius 1 is 1.37 bits per heavy atom. The Morgan fingerprint density at radius 2 is 2.11 bits per heavy atom. The average molecular weight is 262 g/mol. The van der Waals surface area contributed by atoms with Crippen molar-refractivity contribution in [1.82, 2.24) is 20.1 Å². The van der Waals surface area contributed by atoms with Crippen LogP contribution in [0.4, 0.5) is 4.39 Å². The van der Waals surface area contributed by atoms with Gasteiger partial charge in [0.05, 0.1) is 11.9 Å². The summed E-state index contributed by atoms with van der Waals surface area (Å²) in [6.45, 7) is 8.65. The molecule has 0 saturated carbocycles. The van der Waals surface area contributed by atoms with Crippen molar-refractivity contribution in [1.29, 1.82) is 0 Å². The van der Waals surface area contributed by atoms with E-state index in [2.05, 4.69) is 36.2 Å². The number of halogens is 1. The molecule has 5 heteroatoms. The van der Waals surface area contributed by atoms with Gasteiger partial charge in [0.25, 0.3) is 0 Å². The first-order chi connectivity index (χ1) is 8.85. The second kappa shape index (κ2) is 5.09. The molecule has 2 aromatic rings. The molecule has 0 spiro atoms. The average Bonchev–Trinajstić information content (AvgIpc) is 2.72. The maximum Gasteiger partial charge on any atom is 0.157 e. The lowest BCUT2D eigenvalue weighted by molar-refractivity contribution is 0.422. The highest BCUT2D eigenvalue weighted by molar-refractivity contribution is 5.33. The fourth-order valence-corrected chi connectivity index (χ4v) is 1.70. The van der Waals surface area contributed by atoms with Crippen LogP contribution in [0, 0.1) is 12.7 Å². The highest BCUT2D eigenvalue weighted by atomic mass is 19.1. The van der Waals surface area contributed by atoms with E-state index in [0.29, 0.717) is 12.4 Å². The standard InChI is InChI=1S/C14H19FN4/c1-10-5-6-19(18-10)13-11(7-12(15)9-16-13)8-17-14(2,3)4/h5-7,9,17H,8H2,1-4H3. The molecule has 1 N–H and O–H groups in total. The number of rotatable bonds is 3. The van der Waals surface area contributed by atoms with Gasteiger partial charge in [0.2, 0.25) is 0 Å². The Kier molecular flexibility index (Phi) is 3.66. The molecule has 0 unspecified atom stereocenters. The molecule has 0 aromatic carbocycles. The molecule has 2 heterocycles. The minimum Gasteiger partial charge on any atom is -0.308 e. The van der Waals surface area contributed by atoms with E-state index >= 15 is 0 Å². The predicted molar refractivity (Wildman–Crippen MR) is 72.6 cm³/mol. The van der Waals surface area contributed by atoms with Crippen LogP contribution in [-0.2, 0) is 6.54 Å². The van der Waals surface area contributed by atoms with Crippen molar-refractivity contribution in [2.24, 2.45) is 0 Å². The van der Waals surface area contributed by atoms with Crippen molar-refractivity contribution < 1.29 is 4.39 Å². The van der Waals surface area contributed by atoms with Crippen LogP contribution in [0.3, 0.4) is 0 Å².